The highest BCUT2D eigenvalue weighted by Crippen LogP contribution is 2.49. The van der Waals surface area contributed by atoms with Gasteiger partial charge in [-0.25, -0.2) is 4.72 Å². The van der Waals surface area contributed by atoms with Gasteiger partial charge in [-0.3, -0.25) is 14.4 Å². The lowest BCUT2D eigenvalue weighted by molar-refractivity contribution is -0.147. The Hall–Kier alpha value is -4.88. The molecule has 0 bridgehead atoms. The third-order valence-corrected chi connectivity index (χ3v) is 13.2. The van der Waals surface area contributed by atoms with Gasteiger partial charge >= 0.3 is 10.2 Å². The molecule has 1 saturated carbocycles. The van der Waals surface area contributed by atoms with E-state index in [-0.39, 0.29) is 29.9 Å². The van der Waals surface area contributed by atoms with E-state index in [4.69, 9.17) is 9.47 Å². The van der Waals surface area contributed by atoms with Crippen molar-refractivity contribution in [2.45, 2.75) is 63.5 Å². The zero-order valence-corrected chi connectivity index (χ0v) is 31.8. The maximum Gasteiger partial charge on any atom is 0.303 e. The number of nitrogens with one attached hydrogen (secondary N) is 1. The molecule has 3 unspecified atom stereocenters. The maximum atomic E-state index is 14.7. The summed E-state index contributed by atoms with van der Waals surface area (Å²) in [5, 5.41) is 1.03. The molecular weight excluding hydrogens is 707 g/mol. The monoisotopic (exact) mass is 753 g/mol. The topological polar surface area (TPSA) is 130 Å². The highest BCUT2D eigenvalue weighted by Gasteiger charge is 2.40. The summed E-state index contributed by atoms with van der Waals surface area (Å²) < 4.78 is 42.4. The first-order chi connectivity index (χ1) is 26.0. The van der Waals surface area contributed by atoms with Crippen LogP contribution in [0.15, 0.2) is 66.7 Å². The van der Waals surface area contributed by atoms with Crippen LogP contribution in [-0.2, 0) is 26.3 Å². The van der Waals surface area contributed by atoms with Crippen molar-refractivity contribution in [2.24, 2.45) is 5.92 Å². The summed E-state index contributed by atoms with van der Waals surface area (Å²) >= 11 is 0. The van der Waals surface area contributed by atoms with E-state index in [1.807, 2.05) is 41.3 Å². The second kappa shape index (κ2) is 14.4. The first-order valence-electron chi connectivity index (χ1n) is 19.0. The van der Waals surface area contributed by atoms with Crippen molar-refractivity contribution in [1.29, 1.82) is 0 Å². The predicted molar refractivity (Wildman–Crippen MR) is 205 cm³/mol. The minimum atomic E-state index is -4.00. The average Bonchev–Trinajstić information content (AvgIpc) is 3.45. The molecule has 1 saturated heterocycles. The number of carbonyl (C=O) groups excluding carboxylic acids is 3. The fraction of sp³-hybridized carbons (Fsp3) is 0.439. The van der Waals surface area contributed by atoms with Crippen LogP contribution in [0.2, 0.25) is 0 Å². The normalized spacial score (nSPS) is 21.7. The van der Waals surface area contributed by atoms with Gasteiger partial charge < -0.3 is 23.8 Å². The molecule has 1 aliphatic carbocycles. The Bertz CT molecular complexity index is 2220. The summed E-state index contributed by atoms with van der Waals surface area (Å²) in [5.74, 6) is 0.109. The molecule has 4 aromatic rings. The van der Waals surface area contributed by atoms with Gasteiger partial charge in [-0.1, -0.05) is 68.7 Å². The van der Waals surface area contributed by atoms with E-state index in [9.17, 15) is 22.8 Å². The Morgan fingerprint density at radius 3 is 2.22 bits per heavy atom. The van der Waals surface area contributed by atoms with Gasteiger partial charge in [-0.05, 0) is 60.1 Å². The van der Waals surface area contributed by atoms with Crippen LogP contribution >= 0.6 is 0 Å². The van der Waals surface area contributed by atoms with Gasteiger partial charge in [0.2, 0.25) is 12.0 Å². The van der Waals surface area contributed by atoms with Crippen LogP contribution in [0.5, 0.6) is 11.5 Å². The first-order valence-corrected chi connectivity index (χ1v) is 20.4. The third-order valence-electron chi connectivity index (χ3n) is 11.8. The van der Waals surface area contributed by atoms with Crippen molar-refractivity contribution < 1.29 is 32.3 Å². The summed E-state index contributed by atoms with van der Waals surface area (Å²) in [5.41, 5.74) is 5.56. The fourth-order valence-electron chi connectivity index (χ4n) is 8.77. The van der Waals surface area contributed by atoms with E-state index in [0.29, 0.717) is 50.1 Å². The van der Waals surface area contributed by atoms with Crippen LogP contribution < -0.4 is 14.2 Å². The number of hydrogen-bond acceptors (Lipinski definition) is 7. The number of amides is 3. The van der Waals surface area contributed by atoms with Crippen molar-refractivity contribution >= 4 is 38.8 Å². The first kappa shape index (κ1) is 36.1. The Balaban J connectivity index is 1.11. The van der Waals surface area contributed by atoms with Crippen molar-refractivity contribution in [1.82, 2.24) is 23.4 Å². The molecular formula is C41H47N5O7S. The van der Waals surface area contributed by atoms with Gasteiger partial charge in [-0.15, -0.1) is 0 Å². The molecule has 1 N–H and O–H groups in total. The van der Waals surface area contributed by atoms with Gasteiger partial charge in [0.05, 0.1) is 11.6 Å². The predicted octanol–water partition coefficient (Wildman–Crippen LogP) is 5.14. The number of piperazine rings is 1. The third kappa shape index (κ3) is 6.51. The standard InChI is InChI=1S/C41H47N5O7S/c1-26-29-13-7-8-14-30(29)38-37(27-11-5-4-6-12-27)31-18-17-28(39(47)42-54(50,51)43(2)3)23-33(31)46(38)24-32(26)40(48)44-19-21-45(22-20-44)41(49)36-25-52-34-15-9-10-16-35(34)53-36/h7-10,13-18,23,26-27,32,36H,4-6,11-12,19-22,24-25H2,1-3H3,(H,42,47). The molecule has 13 heteroatoms. The molecule has 3 amide bonds. The summed E-state index contributed by atoms with van der Waals surface area (Å²) in [4.78, 5) is 45.2. The zero-order valence-electron chi connectivity index (χ0n) is 31.0. The van der Waals surface area contributed by atoms with E-state index in [2.05, 4.69) is 28.3 Å². The second-order valence-corrected chi connectivity index (χ2v) is 17.0. The van der Waals surface area contributed by atoms with E-state index >= 15 is 0 Å². The number of para-hydroxylation sites is 2. The molecule has 4 heterocycles. The van der Waals surface area contributed by atoms with Crippen LogP contribution in [0.1, 0.15) is 72.3 Å². The van der Waals surface area contributed by atoms with Crippen molar-refractivity contribution in [3.8, 4) is 22.8 Å². The SMILES string of the molecule is CC1c2ccccc2-c2c(C3CCCCC3)c3ccc(C(=O)NS(=O)(=O)N(C)C)cc3n2CC1C(=O)N1CCN(C(=O)C2COc3ccccc3O2)CC1. The highest BCUT2D eigenvalue weighted by molar-refractivity contribution is 7.87. The number of ether oxygens (including phenoxy) is 2. The number of hydrogen-bond donors (Lipinski definition) is 1. The number of aromatic nitrogens is 1. The number of benzene rings is 3. The Morgan fingerprint density at radius 2 is 1.50 bits per heavy atom. The number of fused-ring (bicyclic) bond motifs is 6. The molecule has 2 fully saturated rings. The second-order valence-electron chi connectivity index (χ2n) is 15.2. The van der Waals surface area contributed by atoms with E-state index in [1.165, 1.54) is 26.1 Å². The van der Waals surface area contributed by atoms with Gasteiger partial charge in [-0.2, -0.15) is 12.7 Å². The van der Waals surface area contributed by atoms with Crippen LogP contribution in [0.3, 0.4) is 0 Å². The largest absolute Gasteiger partial charge is 0.485 e. The molecule has 54 heavy (non-hydrogen) atoms. The lowest BCUT2D eigenvalue weighted by atomic mass is 9.80. The smallest absolute Gasteiger partial charge is 0.303 e. The molecule has 4 aliphatic rings. The number of nitrogens with zero attached hydrogens (tertiary/aromatic N) is 4. The molecule has 8 rings (SSSR count). The molecule has 3 atom stereocenters. The van der Waals surface area contributed by atoms with E-state index in [1.54, 1.807) is 23.1 Å². The van der Waals surface area contributed by atoms with E-state index in [0.717, 1.165) is 57.7 Å². The molecule has 284 valence electrons. The molecule has 0 spiro atoms. The van der Waals surface area contributed by atoms with E-state index < -0.39 is 28.1 Å². The Labute approximate surface area is 316 Å². The van der Waals surface area contributed by atoms with Gasteiger partial charge in [0.1, 0.15) is 6.61 Å². The summed E-state index contributed by atoms with van der Waals surface area (Å²) in [6.07, 6.45) is 4.86. The van der Waals surface area contributed by atoms with Gasteiger partial charge in [0.15, 0.2) is 11.5 Å². The van der Waals surface area contributed by atoms with Crippen molar-refractivity contribution in [2.75, 3.05) is 46.9 Å². The number of rotatable bonds is 6. The Morgan fingerprint density at radius 1 is 0.833 bits per heavy atom. The molecule has 3 aliphatic heterocycles. The minimum absolute atomic E-state index is 0.0236. The summed E-state index contributed by atoms with van der Waals surface area (Å²) in [7, 11) is -1.26. The molecule has 12 nitrogen and oxygen atoms in total. The lowest BCUT2D eigenvalue weighted by Crippen LogP contribution is -2.56. The van der Waals surface area contributed by atoms with Crippen LogP contribution in [0.25, 0.3) is 22.2 Å². The lowest BCUT2D eigenvalue weighted by Gasteiger charge is -2.39. The van der Waals surface area contributed by atoms with Gasteiger partial charge in [0, 0.05) is 68.8 Å². The van der Waals surface area contributed by atoms with Crippen LogP contribution in [0.4, 0.5) is 0 Å². The highest BCUT2D eigenvalue weighted by atomic mass is 32.2. The maximum absolute atomic E-state index is 14.7. The Kier molecular flexibility index (Phi) is 9.63. The summed E-state index contributed by atoms with van der Waals surface area (Å²) in [6, 6.07) is 21.1. The summed E-state index contributed by atoms with van der Waals surface area (Å²) in [6.45, 7) is 4.23. The van der Waals surface area contributed by atoms with Crippen molar-refractivity contribution in [3.63, 3.8) is 0 Å². The minimum Gasteiger partial charge on any atom is -0.485 e. The fourth-order valence-corrected chi connectivity index (χ4v) is 9.30. The van der Waals surface area contributed by atoms with Crippen molar-refractivity contribution in [3.05, 3.63) is 83.4 Å². The molecule has 3 aromatic carbocycles. The number of carbonyl (C=O) groups is 3. The zero-order chi connectivity index (χ0) is 37.7. The molecule has 0 radical (unpaired) electrons. The average molecular weight is 754 g/mol. The van der Waals surface area contributed by atoms with Gasteiger partial charge in [0.25, 0.3) is 11.8 Å². The quantitative estimate of drug-likeness (QED) is 0.289. The molecule has 1 aromatic heterocycles. The van der Waals surface area contributed by atoms with Crippen LogP contribution in [0, 0.1) is 5.92 Å². The van der Waals surface area contributed by atoms with Crippen LogP contribution in [-0.4, -0.2) is 97.8 Å².